The van der Waals surface area contributed by atoms with Gasteiger partial charge in [-0.05, 0) is 31.0 Å². The molecule has 0 unspecified atom stereocenters. The Morgan fingerprint density at radius 2 is 1.71 bits per heavy atom. The van der Waals surface area contributed by atoms with Crippen LogP contribution in [0.2, 0.25) is 0 Å². The van der Waals surface area contributed by atoms with E-state index in [1.165, 1.54) is 50.3 Å². The first kappa shape index (κ1) is 13.9. The fraction of sp³-hybridized carbons (Fsp3) is 0.500. The van der Waals surface area contributed by atoms with Gasteiger partial charge in [0.25, 0.3) is 5.89 Å². The van der Waals surface area contributed by atoms with Crippen LogP contribution in [0.4, 0.5) is 0 Å². The Balaban J connectivity index is 1.83. The highest BCUT2D eigenvalue weighted by atomic mass is 16.5. The second kappa shape index (κ2) is 6.16. The SMILES string of the molecule is Oc1ccc(O)c(-c2nc(C3CCCCCCC3)no2)c1. The first-order valence-corrected chi connectivity index (χ1v) is 7.60. The fourth-order valence-electron chi connectivity index (χ4n) is 2.92. The summed E-state index contributed by atoms with van der Waals surface area (Å²) in [5.74, 6) is 1.41. The molecule has 1 fully saturated rings. The van der Waals surface area contributed by atoms with E-state index in [0.717, 1.165) is 18.7 Å². The van der Waals surface area contributed by atoms with E-state index in [4.69, 9.17) is 4.52 Å². The molecule has 112 valence electrons. The van der Waals surface area contributed by atoms with Gasteiger partial charge in [0.1, 0.15) is 11.5 Å². The second-order valence-electron chi connectivity index (χ2n) is 5.70. The quantitative estimate of drug-likeness (QED) is 0.817. The monoisotopic (exact) mass is 288 g/mol. The summed E-state index contributed by atoms with van der Waals surface area (Å²) in [5, 5.41) is 23.5. The van der Waals surface area contributed by atoms with Crippen molar-refractivity contribution in [3.05, 3.63) is 24.0 Å². The van der Waals surface area contributed by atoms with E-state index in [-0.39, 0.29) is 17.4 Å². The molecule has 0 bridgehead atoms. The van der Waals surface area contributed by atoms with Gasteiger partial charge in [-0.15, -0.1) is 0 Å². The third-order valence-electron chi connectivity index (χ3n) is 4.12. The van der Waals surface area contributed by atoms with Gasteiger partial charge in [-0.2, -0.15) is 4.98 Å². The lowest BCUT2D eigenvalue weighted by molar-refractivity contribution is 0.391. The van der Waals surface area contributed by atoms with Crippen LogP contribution in [0.25, 0.3) is 11.5 Å². The minimum atomic E-state index is 0.0284. The second-order valence-corrected chi connectivity index (χ2v) is 5.70. The summed E-state index contributed by atoms with van der Waals surface area (Å²) in [6.45, 7) is 0. The van der Waals surface area contributed by atoms with Gasteiger partial charge >= 0.3 is 0 Å². The van der Waals surface area contributed by atoms with Crippen LogP contribution in [0.15, 0.2) is 22.7 Å². The number of hydrogen-bond acceptors (Lipinski definition) is 5. The number of rotatable bonds is 2. The van der Waals surface area contributed by atoms with E-state index in [2.05, 4.69) is 10.1 Å². The van der Waals surface area contributed by atoms with Crippen LogP contribution in [0.3, 0.4) is 0 Å². The van der Waals surface area contributed by atoms with Crippen molar-refractivity contribution < 1.29 is 14.7 Å². The molecule has 1 aliphatic carbocycles. The largest absolute Gasteiger partial charge is 0.508 e. The van der Waals surface area contributed by atoms with E-state index in [0.29, 0.717) is 11.5 Å². The summed E-state index contributed by atoms with van der Waals surface area (Å²) < 4.78 is 5.28. The van der Waals surface area contributed by atoms with Crippen LogP contribution in [0.1, 0.15) is 56.7 Å². The lowest BCUT2D eigenvalue weighted by Gasteiger charge is -2.15. The summed E-state index contributed by atoms with van der Waals surface area (Å²) in [7, 11) is 0. The molecule has 2 N–H and O–H groups in total. The number of hydrogen-bond donors (Lipinski definition) is 2. The summed E-state index contributed by atoms with van der Waals surface area (Å²) in [4.78, 5) is 4.43. The molecular formula is C16H20N2O3. The van der Waals surface area contributed by atoms with Crippen LogP contribution in [-0.4, -0.2) is 20.4 Å². The fourth-order valence-corrected chi connectivity index (χ4v) is 2.92. The maximum Gasteiger partial charge on any atom is 0.261 e. The number of nitrogens with zero attached hydrogens (tertiary/aromatic N) is 2. The van der Waals surface area contributed by atoms with E-state index in [1.54, 1.807) is 0 Å². The number of aromatic nitrogens is 2. The zero-order chi connectivity index (χ0) is 14.7. The predicted molar refractivity (Wildman–Crippen MR) is 78.1 cm³/mol. The Labute approximate surface area is 123 Å². The van der Waals surface area contributed by atoms with Crippen molar-refractivity contribution in [1.82, 2.24) is 10.1 Å². The lowest BCUT2D eigenvalue weighted by atomic mass is 9.91. The van der Waals surface area contributed by atoms with E-state index in [9.17, 15) is 10.2 Å². The van der Waals surface area contributed by atoms with Crippen molar-refractivity contribution >= 4 is 0 Å². The Kier molecular flexibility index (Phi) is 4.08. The molecular weight excluding hydrogens is 268 g/mol. The molecule has 0 atom stereocenters. The van der Waals surface area contributed by atoms with E-state index < -0.39 is 0 Å². The summed E-state index contributed by atoms with van der Waals surface area (Å²) in [6, 6.07) is 4.28. The lowest BCUT2D eigenvalue weighted by Crippen LogP contribution is -2.04. The minimum Gasteiger partial charge on any atom is -0.508 e. The van der Waals surface area contributed by atoms with Gasteiger partial charge < -0.3 is 14.7 Å². The van der Waals surface area contributed by atoms with Crippen molar-refractivity contribution in [3.63, 3.8) is 0 Å². The highest BCUT2D eigenvalue weighted by Gasteiger charge is 2.21. The number of phenolic OH excluding ortho intramolecular Hbond substituents is 2. The smallest absolute Gasteiger partial charge is 0.261 e. The van der Waals surface area contributed by atoms with E-state index >= 15 is 0 Å². The van der Waals surface area contributed by atoms with Gasteiger partial charge in [0.2, 0.25) is 0 Å². The molecule has 0 radical (unpaired) electrons. The summed E-state index contributed by atoms with van der Waals surface area (Å²) in [5.41, 5.74) is 0.375. The molecule has 3 rings (SSSR count). The third kappa shape index (κ3) is 3.17. The van der Waals surface area contributed by atoms with Crippen molar-refractivity contribution in [2.75, 3.05) is 0 Å². The summed E-state index contributed by atoms with van der Waals surface area (Å²) >= 11 is 0. The number of phenols is 2. The van der Waals surface area contributed by atoms with Gasteiger partial charge in [0.05, 0.1) is 5.56 Å². The van der Waals surface area contributed by atoms with Gasteiger partial charge in [-0.3, -0.25) is 0 Å². The molecule has 1 aromatic heterocycles. The standard InChI is InChI=1S/C16H20N2O3/c19-12-8-9-14(20)13(10-12)16-17-15(18-21-16)11-6-4-2-1-3-5-7-11/h8-11,19-20H,1-7H2. The molecule has 0 aliphatic heterocycles. The van der Waals surface area contributed by atoms with Crippen LogP contribution >= 0.6 is 0 Å². The molecule has 0 amide bonds. The minimum absolute atomic E-state index is 0.0284. The first-order valence-electron chi connectivity index (χ1n) is 7.60. The van der Waals surface area contributed by atoms with Crippen LogP contribution in [0.5, 0.6) is 11.5 Å². The molecule has 2 aromatic rings. The zero-order valence-corrected chi connectivity index (χ0v) is 12.0. The Morgan fingerprint density at radius 3 is 2.48 bits per heavy atom. The highest BCUT2D eigenvalue weighted by molar-refractivity contribution is 5.64. The normalized spacial score (nSPS) is 17.3. The van der Waals surface area contributed by atoms with Gasteiger partial charge in [0, 0.05) is 5.92 Å². The molecule has 0 spiro atoms. The maximum atomic E-state index is 9.85. The van der Waals surface area contributed by atoms with Crippen molar-refractivity contribution in [1.29, 1.82) is 0 Å². The van der Waals surface area contributed by atoms with Gasteiger partial charge in [-0.25, -0.2) is 0 Å². The topological polar surface area (TPSA) is 79.4 Å². The predicted octanol–water partition coefficient (Wildman–Crippen LogP) is 3.98. The molecule has 21 heavy (non-hydrogen) atoms. The van der Waals surface area contributed by atoms with Gasteiger partial charge in [-0.1, -0.05) is 37.3 Å². The molecule has 1 aromatic carbocycles. The Bertz CT molecular complexity index is 601. The Hall–Kier alpha value is -2.04. The molecule has 5 heteroatoms. The van der Waals surface area contributed by atoms with Crippen LogP contribution in [0, 0.1) is 0 Å². The molecule has 5 nitrogen and oxygen atoms in total. The molecule has 1 heterocycles. The maximum absolute atomic E-state index is 9.85. The average molecular weight is 288 g/mol. The Morgan fingerprint density at radius 1 is 1.00 bits per heavy atom. The highest BCUT2D eigenvalue weighted by Crippen LogP contribution is 2.34. The van der Waals surface area contributed by atoms with Crippen molar-refractivity contribution in [2.24, 2.45) is 0 Å². The van der Waals surface area contributed by atoms with E-state index in [1.807, 2.05) is 0 Å². The van der Waals surface area contributed by atoms with Gasteiger partial charge in [0.15, 0.2) is 5.82 Å². The molecule has 1 aliphatic rings. The number of aromatic hydroxyl groups is 2. The summed E-state index contributed by atoms with van der Waals surface area (Å²) in [6.07, 6.45) is 8.44. The zero-order valence-electron chi connectivity index (χ0n) is 12.0. The average Bonchev–Trinajstić information content (AvgIpc) is 2.90. The third-order valence-corrected chi connectivity index (χ3v) is 4.12. The number of benzene rings is 1. The van der Waals surface area contributed by atoms with Crippen LogP contribution in [-0.2, 0) is 0 Å². The van der Waals surface area contributed by atoms with Crippen molar-refractivity contribution in [3.8, 4) is 23.0 Å². The first-order chi connectivity index (χ1) is 10.2. The van der Waals surface area contributed by atoms with Crippen molar-refractivity contribution in [2.45, 2.75) is 50.9 Å². The molecule has 0 saturated heterocycles. The van der Waals surface area contributed by atoms with Crippen LogP contribution < -0.4 is 0 Å². The molecule has 1 saturated carbocycles.